The number of hydrogen-bond acceptors (Lipinski definition) is 4. The summed E-state index contributed by atoms with van der Waals surface area (Å²) in [5.41, 5.74) is 0.787. The van der Waals surface area contributed by atoms with Gasteiger partial charge in [0.25, 0.3) is 0 Å². The quantitative estimate of drug-likeness (QED) is 0.819. The summed E-state index contributed by atoms with van der Waals surface area (Å²) >= 11 is 5.78. The molecule has 5 nitrogen and oxygen atoms in total. The molecule has 6 heteroatoms. The van der Waals surface area contributed by atoms with Gasteiger partial charge in [0.2, 0.25) is 11.2 Å². The van der Waals surface area contributed by atoms with Gasteiger partial charge in [0, 0.05) is 24.8 Å². The standard InChI is InChI=1S/C11H15ClN4O/c1-7-5-9(15-11(12)13-7)16(2)6-10(17)14-8-3-4-8/h5,8H,3-4,6H2,1-2H3,(H,14,17). The fourth-order valence-electron chi connectivity index (χ4n) is 1.51. The van der Waals surface area contributed by atoms with E-state index in [2.05, 4.69) is 15.3 Å². The lowest BCUT2D eigenvalue weighted by Gasteiger charge is -2.17. The molecule has 1 heterocycles. The van der Waals surface area contributed by atoms with E-state index in [4.69, 9.17) is 11.6 Å². The Hall–Kier alpha value is -1.36. The van der Waals surface area contributed by atoms with Gasteiger partial charge in [-0.3, -0.25) is 4.79 Å². The van der Waals surface area contributed by atoms with Crippen molar-refractivity contribution in [1.29, 1.82) is 0 Å². The molecule has 0 atom stereocenters. The maximum atomic E-state index is 11.6. The van der Waals surface area contributed by atoms with E-state index in [1.54, 1.807) is 11.0 Å². The second-order valence-corrected chi connectivity index (χ2v) is 4.67. The summed E-state index contributed by atoms with van der Waals surface area (Å²) in [4.78, 5) is 21.4. The van der Waals surface area contributed by atoms with Crippen LogP contribution < -0.4 is 10.2 Å². The number of likely N-dealkylation sites (N-methyl/N-ethyl adjacent to an activating group) is 1. The summed E-state index contributed by atoms with van der Waals surface area (Å²) in [6, 6.07) is 2.18. The van der Waals surface area contributed by atoms with Crippen LogP contribution in [0.5, 0.6) is 0 Å². The van der Waals surface area contributed by atoms with Crippen LogP contribution in [0.1, 0.15) is 18.5 Å². The summed E-state index contributed by atoms with van der Waals surface area (Å²) in [5.74, 6) is 0.677. The third-order valence-electron chi connectivity index (χ3n) is 2.53. The third kappa shape index (κ3) is 3.56. The number of rotatable bonds is 4. The Balaban J connectivity index is 1.97. The first-order valence-corrected chi connectivity index (χ1v) is 5.94. The molecule has 1 saturated carbocycles. The molecule has 1 fully saturated rings. The normalized spacial score (nSPS) is 14.5. The van der Waals surface area contributed by atoms with Gasteiger partial charge in [-0.05, 0) is 31.4 Å². The minimum Gasteiger partial charge on any atom is -0.352 e. The molecule has 1 aromatic rings. The molecular formula is C11H15ClN4O. The Morgan fingerprint density at radius 2 is 2.29 bits per heavy atom. The Morgan fingerprint density at radius 3 is 2.88 bits per heavy atom. The van der Waals surface area contributed by atoms with E-state index in [0.717, 1.165) is 18.5 Å². The first kappa shape index (κ1) is 12.1. The molecule has 2 rings (SSSR count). The van der Waals surface area contributed by atoms with Crippen molar-refractivity contribution in [2.24, 2.45) is 0 Å². The van der Waals surface area contributed by atoms with Crippen LogP contribution in [0.2, 0.25) is 5.28 Å². The number of halogens is 1. The van der Waals surface area contributed by atoms with Crippen LogP contribution in [-0.2, 0) is 4.79 Å². The van der Waals surface area contributed by atoms with E-state index < -0.39 is 0 Å². The van der Waals surface area contributed by atoms with Gasteiger partial charge >= 0.3 is 0 Å². The molecule has 17 heavy (non-hydrogen) atoms. The fourth-order valence-corrected chi connectivity index (χ4v) is 1.73. The van der Waals surface area contributed by atoms with Crippen molar-refractivity contribution in [3.8, 4) is 0 Å². The minimum atomic E-state index is 0.0161. The highest BCUT2D eigenvalue weighted by molar-refractivity contribution is 6.28. The predicted molar refractivity (Wildman–Crippen MR) is 66.2 cm³/mol. The van der Waals surface area contributed by atoms with Crippen molar-refractivity contribution in [3.05, 3.63) is 17.0 Å². The first-order chi connectivity index (χ1) is 8.04. The van der Waals surface area contributed by atoms with Crippen LogP contribution in [0.4, 0.5) is 5.82 Å². The zero-order valence-electron chi connectivity index (χ0n) is 9.90. The summed E-state index contributed by atoms with van der Waals surface area (Å²) < 4.78 is 0. The van der Waals surface area contributed by atoms with Crippen molar-refractivity contribution in [1.82, 2.24) is 15.3 Å². The van der Waals surface area contributed by atoms with E-state index in [-0.39, 0.29) is 17.7 Å². The molecule has 0 saturated heterocycles. The second-order valence-electron chi connectivity index (χ2n) is 4.33. The average molecular weight is 255 g/mol. The maximum absolute atomic E-state index is 11.6. The molecule has 1 amide bonds. The van der Waals surface area contributed by atoms with Crippen molar-refractivity contribution in [2.75, 3.05) is 18.5 Å². The molecule has 1 aliphatic carbocycles. The summed E-state index contributed by atoms with van der Waals surface area (Å²) in [6.07, 6.45) is 2.18. The number of anilines is 1. The topological polar surface area (TPSA) is 58.1 Å². The zero-order chi connectivity index (χ0) is 12.4. The van der Waals surface area contributed by atoms with Gasteiger partial charge in [0.1, 0.15) is 5.82 Å². The van der Waals surface area contributed by atoms with Crippen LogP contribution in [0.3, 0.4) is 0 Å². The van der Waals surface area contributed by atoms with Gasteiger partial charge in [0.05, 0.1) is 6.54 Å². The summed E-state index contributed by atoms with van der Waals surface area (Å²) in [7, 11) is 1.81. The number of aryl methyl sites for hydroxylation is 1. The van der Waals surface area contributed by atoms with Crippen molar-refractivity contribution < 1.29 is 4.79 Å². The van der Waals surface area contributed by atoms with Gasteiger partial charge in [0.15, 0.2) is 0 Å². The van der Waals surface area contributed by atoms with E-state index in [1.165, 1.54) is 0 Å². The fraction of sp³-hybridized carbons (Fsp3) is 0.545. The molecule has 1 aliphatic rings. The number of carbonyl (C=O) groups excluding carboxylic acids is 1. The third-order valence-corrected chi connectivity index (χ3v) is 2.70. The molecule has 0 aliphatic heterocycles. The summed E-state index contributed by atoms with van der Waals surface area (Å²) in [5, 5.41) is 3.13. The zero-order valence-corrected chi connectivity index (χ0v) is 10.7. The molecule has 0 bridgehead atoms. The lowest BCUT2D eigenvalue weighted by Crippen LogP contribution is -2.36. The van der Waals surface area contributed by atoms with Crippen LogP contribution in [0.15, 0.2) is 6.07 Å². The van der Waals surface area contributed by atoms with Crippen LogP contribution in [0, 0.1) is 6.92 Å². The maximum Gasteiger partial charge on any atom is 0.239 e. The van der Waals surface area contributed by atoms with Crippen LogP contribution >= 0.6 is 11.6 Å². The molecule has 1 aromatic heterocycles. The number of carbonyl (C=O) groups is 1. The Kier molecular flexibility index (Phi) is 3.47. The molecule has 1 N–H and O–H groups in total. The van der Waals surface area contributed by atoms with Gasteiger partial charge < -0.3 is 10.2 Å². The van der Waals surface area contributed by atoms with Gasteiger partial charge in [-0.25, -0.2) is 9.97 Å². The number of hydrogen-bond donors (Lipinski definition) is 1. The van der Waals surface area contributed by atoms with Crippen LogP contribution in [-0.4, -0.2) is 35.5 Å². The highest BCUT2D eigenvalue weighted by Crippen LogP contribution is 2.18. The SMILES string of the molecule is Cc1cc(N(C)CC(=O)NC2CC2)nc(Cl)n1. The molecule has 0 radical (unpaired) electrons. The monoisotopic (exact) mass is 254 g/mol. The van der Waals surface area contributed by atoms with Gasteiger partial charge in [-0.15, -0.1) is 0 Å². The van der Waals surface area contributed by atoms with E-state index in [1.807, 2.05) is 14.0 Å². The first-order valence-electron chi connectivity index (χ1n) is 5.56. The lowest BCUT2D eigenvalue weighted by molar-refractivity contribution is -0.119. The van der Waals surface area contributed by atoms with Gasteiger partial charge in [-0.1, -0.05) is 0 Å². The van der Waals surface area contributed by atoms with Crippen molar-refractivity contribution in [3.63, 3.8) is 0 Å². The molecule has 0 aromatic carbocycles. The molecular weight excluding hydrogens is 240 g/mol. The van der Waals surface area contributed by atoms with Gasteiger partial charge in [-0.2, -0.15) is 0 Å². The number of aromatic nitrogens is 2. The van der Waals surface area contributed by atoms with Crippen LogP contribution in [0.25, 0.3) is 0 Å². The summed E-state index contributed by atoms with van der Waals surface area (Å²) in [6.45, 7) is 2.12. The molecule has 0 spiro atoms. The highest BCUT2D eigenvalue weighted by atomic mass is 35.5. The molecule has 0 unspecified atom stereocenters. The minimum absolute atomic E-state index is 0.0161. The Labute approximate surface area is 105 Å². The van der Waals surface area contributed by atoms with E-state index >= 15 is 0 Å². The second kappa shape index (κ2) is 4.87. The largest absolute Gasteiger partial charge is 0.352 e. The lowest BCUT2D eigenvalue weighted by atomic mass is 10.4. The Bertz CT molecular complexity index is 413. The smallest absolute Gasteiger partial charge is 0.239 e. The van der Waals surface area contributed by atoms with E-state index in [9.17, 15) is 4.79 Å². The number of nitrogens with zero attached hydrogens (tertiary/aromatic N) is 3. The average Bonchev–Trinajstić information content (AvgIpc) is 2.99. The van der Waals surface area contributed by atoms with Crippen molar-refractivity contribution in [2.45, 2.75) is 25.8 Å². The highest BCUT2D eigenvalue weighted by Gasteiger charge is 2.23. The molecule has 92 valence electrons. The van der Waals surface area contributed by atoms with E-state index in [0.29, 0.717) is 11.9 Å². The number of amides is 1. The predicted octanol–water partition coefficient (Wildman–Crippen LogP) is 1.15. The van der Waals surface area contributed by atoms with Crippen molar-refractivity contribution >= 4 is 23.3 Å². The Morgan fingerprint density at radius 1 is 1.59 bits per heavy atom. The number of nitrogens with one attached hydrogen (secondary N) is 1.